The van der Waals surface area contributed by atoms with Crippen molar-refractivity contribution in [2.45, 2.75) is 26.8 Å². The third-order valence-electron chi connectivity index (χ3n) is 3.83. The maximum atomic E-state index is 8.32. The molecule has 0 amide bonds. The molecule has 0 radical (unpaired) electrons. The molecule has 110 valence electrons. The summed E-state index contributed by atoms with van der Waals surface area (Å²) in [6, 6.07) is 8.64. The maximum Gasteiger partial charge on any atom is 0.124 e. The van der Waals surface area contributed by atoms with Crippen LogP contribution in [0.4, 0.5) is 0 Å². The Hall–Kier alpha value is -1.61. The van der Waals surface area contributed by atoms with Crippen molar-refractivity contribution in [1.29, 1.82) is 5.41 Å². The van der Waals surface area contributed by atoms with Gasteiger partial charge in [-0.2, -0.15) is 0 Å². The van der Waals surface area contributed by atoms with Crippen molar-refractivity contribution in [3.05, 3.63) is 63.7 Å². The highest BCUT2D eigenvalue weighted by atomic mass is 79.9. The molecule has 0 fully saturated rings. The Labute approximate surface area is 135 Å². The van der Waals surface area contributed by atoms with Gasteiger partial charge in [0, 0.05) is 11.5 Å². The summed E-state index contributed by atoms with van der Waals surface area (Å²) in [5.41, 5.74) is 4.91. The van der Waals surface area contributed by atoms with E-state index < -0.39 is 0 Å². The Kier molecular flexibility index (Phi) is 4.84. The van der Waals surface area contributed by atoms with Crippen LogP contribution >= 0.6 is 15.9 Å². The Morgan fingerprint density at radius 1 is 1.29 bits per heavy atom. The second-order valence-electron chi connectivity index (χ2n) is 5.34. The van der Waals surface area contributed by atoms with Gasteiger partial charge in [0.15, 0.2) is 0 Å². The van der Waals surface area contributed by atoms with Gasteiger partial charge in [-0.15, -0.1) is 0 Å². The van der Waals surface area contributed by atoms with Gasteiger partial charge in [0.2, 0.25) is 0 Å². The topological polar surface area (TPSA) is 27.1 Å². The minimum absolute atomic E-state index is 0.257. The molecule has 1 aliphatic rings. The lowest BCUT2D eigenvalue weighted by Crippen LogP contribution is -2.31. The van der Waals surface area contributed by atoms with E-state index in [9.17, 15) is 0 Å². The van der Waals surface area contributed by atoms with Gasteiger partial charge < -0.3 is 4.90 Å². The molecule has 21 heavy (non-hydrogen) atoms. The number of amidine groups is 1. The molecular formula is C18H21BrN2. The third kappa shape index (κ3) is 3.35. The van der Waals surface area contributed by atoms with E-state index in [0.29, 0.717) is 5.84 Å². The normalized spacial score (nSPS) is 18.3. The first-order valence-corrected chi connectivity index (χ1v) is 7.84. The number of benzene rings is 1. The van der Waals surface area contributed by atoms with Crippen LogP contribution in [0.25, 0.3) is 5.57 Å². The summed E-state index contributed by atoms with van der Waals surface area (Å²) in [7, 11) is 2.00. The van der Waals surface area contributed by atoms with E-state index >= 15 is 0 Å². The van der Waals surface area contributed by atoms with Gasteiger partial charge in [-0.3, -0.25) is 5.41 Å². The molecule has 2 rings (SSSR count). The van der Waals surface area contributed by atoms with Crippen molar-refractivity contribution in [3.8, 4) is 0 Å². The summed E-state index contributed by atoms with van der Waals surface area (Å²) >= 11 is 3.47. The predicted molar refractivity (Wildman–Crippen MR) is 94.6 cm³/mol. The monoisotopic (exact) mass is 344 g/mol. The Morgan fingerprint density at radius 3 is 2.48 bits per heavy atom. The highest BCUT2D eigenvalue weighted by Gasteiger charge is 2.38. The van der Waals surface area contributed by atoms with Crippen LogP contribution in [0.1, 0.15) is 26.3 Å². The summed E-state index contributed by atoms with van der Waals surface area (Å²) in [5.74, 6) is 0.574. The Bertz CT molecular complexity index is 636. The molecule has 1 atom stereocenters. The minimum atomic E-state index is 0.257. The average molecular weight is 345 g/mol. The molecular weight excluding hydrogens is 324 g/mol. The number of likely N-dealkylation sites (N-methyl/N-ethyl adjacent to an activating group) is 1. The fourth-order valence-corrected chi connectivity index (χ4v) is 2.80. The van der Waals surface area contributed by atoms with E-state index in [-0.39, 0.29) is 6.04 Å². The van der Waals surface area contributed by atoms with Crippen molar-refractivity contribution in [3.63, 3.8) is 0 Å². The number of nitrogens with one attached hydrogen (secondary N) is 1. The first-order valence-electron chi connectivity index (χ1n) is 7.05. The molecule has 1 unspecified atom stereocenters. The van der Waals surface area contributed by atoms with Crippen molar-refractivity contribution in [2.24, 2.45) is 0 Å². The highest BCUT2D eigenvalue weighted by Crippen LogP contribution is 2.43. The van der Waals surface area contributed by atoms with Crippen LogP contribution in [-0.2, 0) is 0 Å². The van der Waals surface area contributed by atoms with Crippen LogP contribution in [0.2, 0.25) is 0 Å². The summed E-state index contributed by atoms with van der Waals surface area (Å²) in [5, 5.41) is 8.32. The van der Waals surface area contributed by atoms with Gasteiger partial charge in [0.1, 0.15) is 5.84 Å². The molecule has 1 aromatic carbocycles. The fourth-order valence-electron chi connectivity index (χ4n) is 2.54. The van der Waals surface area contributed by atoms with Gasteiger partial charge in [-0.25, -0.2) is 0 Å². The van der Waals surface area contributed by atoms with E-state index in [1.54, 1.807) is 0 Å². The van der Waals surface area contributed by atoms with E-state index in [4.69, 9.17) is 5.41 Å². The van der Waals surface area contributed by atoms with Crippen LogP contribution < -0.4 is 0 Å². The first kappa shape index (κ1) is 15.8. The zero-order valence-corrected chi connectivity index (χ0v) is 14.5. The molecule has 0 bridgehead atoms. The molecule has 0 aliphatic heterocycles. The van der Waals surface area contributed by atoms with Gasteiger partial charge in [0.25, 0.3) is 0 Å². The summed E-state index contributed by atoms with van der Waals surface area (Å²) in [4.78, 5) is 2.04. The third-order valence-corrected chi connectivity index (χ3v) is 4.36. The van der Waals surface area contributed by atoms with Crippen LogP contribution in [0.3, 0.4) is 0 Å². The molecule has 1 N–H and O–H groups in total. The van der Waals surface area contributed by atoms with Gasteiger partial charge in [-0.05, 0) is 55.2 Å². The second kappa shape index (κ2) is 6.44. The number of nitrogens with zero attached hydrogens (tertiary/aromatic N) is 1. The van der Waals surface area contributed by atoms with Crippen molar-refractivity contribution >= 4 is 27.3 Å². The van der Waals surface area contributed by atoms with Gasteiger partial charge in [-0.1, -0.05) is 46.3 Å². The number of hydrogen-bond donors (Lipinski definition) is 1. The number of hydrogen-bond acceptors (Lipinski definition) is 1. The Morgan fingerprint density at radius 2 is 1.90 bits per heavy atom. The number of allylic oxidation sites excluding steroid dienone is 3. The van der Waals surface area contributed by atoms with Crippen LogP contribution in [0, 0.1) is 5.41 Å². The van der Waals surface area contributed by atoms with Crippen LogP contribution in [0.15, 0.2) is 58.1 Å². The lowest BCUT2D eigenvalue weighted by Gasteiger charge is -2.22. The quantitative estimate of drug-likeness (QED) is 0.462. The maximum absolute atomic E-state index is 8.32. The van der Waals surface area contributed by atoms with Crippen molar-refractivity contribution in [1.82, 2.24) is 4.90 Å². The molecule has 2 nitrogen and oxygen atoms in total. The van der Waals surface area contributed by atoms with E-state index in [2.05, 4.69) is 47.1 Å². The standard InChI is InChI=1S/C18H21BrN2/c1-5-6-7-12(2)18(20)21(4)17-13(3)16(17)14-8-10-15(19)11-9-14/h5-11,17,20H,1-4H3/b6-5-,12-7+,20-18?. The summed E-state index contributed by atoms with van der Waals surface area (Å²) in [6.07, 6.45) is 5.93. The number of rotatable bonds is 4. The zero-order chi connectivity index (χ0) is 15.6. The average Bonchev–Trinajstić information content (AvgIpc) is 3.15. The fraction of sp³-hybridized carbons (Fsp3) is 0.278. The molecule has 0 aromatic heterocycles. The summed E-state index contributed by atoms with van der Waals surface area (Å²) in [6.45, 7) is 6.11. The highest BCUT2D eigenvalue weighted by molar-refractivity contribution is 9.10. The van der Waals surface area contributed by atoms with Crippen molar-refractivity contribution < 1.29 is 0 Å². The largest absolute Gasteiger partial charge is 0.349 e. The first-order chi connectivity index (χ1) is 9.97. The predicted octanol–water partition coefficient (Wildman–Crippen LogP) is 5.04. The van der Waals surface area contributed by atoms with Crippen LogP contribution in [-0.4, -0.2) is 23.8 Å². The lowest BCUT2D eigenvalue weighted by atomic mass is 10.1. The molecule has 0 spiro atoms. The molecule has 3 heteroatoms. The Balaban J connectivity index is 2.11. The van der Waals surface area contributed by atoms with Gasteiger partial charge in [0.05, 0.1) is 6.04 Å². The minimum Gasteiger partial charge on any atom is -0.349 e. The zero-order valence-electron chi connectivity index (χ0n) is 12.9. The van der Waals surface area contributed by atoms with Crippen LogP contribution in [0.5, 0.6) is 0 Å². The summed E-state index contributed by atoms with van der Waals surface area (Å²) < 4.78 is 1.09. The molecule has 0 saturated heterocycles. The lowest BCUT2D eigenvalue weighted by molar-refractivity contribution is 0.515. The molecule has 0 saturated carbocycles. The van der Waals surface area contributed by atoms with E-state index in [1.807, 2.05) is 44.0 Å². The molecule has 1 aliphatic carbocycles. The molecule has 1 aromatic rings. The van der Waals surface area contributed by atoms with Gasteiger partial charge >= 0.3 is 0 Å². The van der Waals surface area contributed by atoms with E-state index in [1.165, 1.54) is 16.7 Å². The molecule has 0 heterocycles. The SMILES string of the molecule is C/C=C\C=C(/C)C(=N)N(C)C1C(C)=C1c1ccc(Br)cc1. The second-order valence-corrected chi connectivity index (χ2v) is 6.26. The van der Waals surface area contributed by atoms with E-state index in [0.717, 1.165) is 10.0 Å². The number of halogens is 1. The van der Waals surface area contributed by atoms with Crippen molar-refractivity contribution in [2.75, 3.05) is 7.05 Å². The smallest absolute Gasteiger partial charge is 0.124 e.